The first-order valence-corrected chi connectivity index (χ1v) is 6.12. The summed E-state index contributed by atoms with van der Waals surface area (Å²) in [5.41, 5.74) is 0.403. The Morgan fingerprint density at radius 3 is 2.68 bits per heavy atom. The maximum absolute atomic E-state index is 13.7. The van der Waals surface area contributed by atoms with E-state index >= 15 is 0 Å². The van der Waals surface area contributed by atoms with Crippen LogP contribution in [0.15, 0.2) is 52.3 Å². The fraction of sp³-hybridized carbons (Fsp3) is 0. The van der Waals surface area contributed by atoms with Crippen molar-refractivity contribution in [2.24, 2.45) is 0 Å². The molecule has 5 heteroatoms. The second-order valence-electron chi connectivity index (χ2n) is 3.69. The highest BCUT2D eigenvalue weighted by Gasteiger charge is 2.08. The SMILES string of the molecule is N#Cc1ccc(Sc2cccc(C(=O)O)c2)c(F)c1. The minimum absolute atomic E-state index is 0.152. The molecule has 1 N–H and O–H groups in total. The molecule has 0 aliphatic rings. The van der Waals surface area contributed by atoms with Crippen molar-refractivity contribution in [1.29, 1.82) is 5.26 Å². The first kappa shape index (κ1) is 13.1. The van der Waals surface area contributed by atoms with Crippen molar-refractivity contribution in [3.8, 4) is 6.07 Å². The maximum Gasteiger partial charge on any atom is 0.335 e. The average molecular weight is 273 g/mol. The van der Waals surface area contributed by atoms with E-state index in [1.54, 1.807) is 12.1 Å². The second kappa shape index (κ2) is 5.55. The molecule has 2 aromatic rings. The number of nitrogens with zero attached hydrogens (tertiary/aromatic N) is 1. The molecule has 0 aromatic heterocycles. The van der Waals surface area contributed by atoms with Crippen LogP contribution in [0.4, 0.5) is 4.39 Å². The van der Waals surface area contributed by atoms with E-state index in [9.17, 15) is 9.18 Å². The fourth-order valence-electron chi connectivity index (χ4n) is 1.47. The van der Waals surface area contributed by atoms with Crippen molar-refractivity contribution in [2.45, 2.75) is 9.79 Å². The quantitative estimate of drug-likeness (QED) is 0.929. The number of aromatic carboxylic acids is 1. The van der Waals surface area contributed by atoms with E-state index in [0.717, 1.165) is 17.8 Å². The Morgan fingerprint density at radius 2 is 2.05 bits per heavy atom. The van der Waals surface area contributed by atoms with Gasteiger partial charge in [0.05, 0.1) is 17.2 Å². The van der Waals surface area contributed by atoms with Gasteiger partial charge in [-0.2, -0.15) is 5.26 Å². The van der Waals surface area contributed by atoms with Crippen LogP contribution < -0.4 is 0 Å². The highest BCUT2D eigenvalue weighted by molar-refractivity contribution is 7.99. The van der Waals surface area contributed by atoms with Gasteiger partial charge in [0.25, 0.3) is 0 Å². The standard InChI is InChI=1S/C14H8FNO2S/c15-12-6-9(8-16)4-5-13(12)19-11-3-1-2-10(7-11)14(17)18/h1-7H,(H,17,18). The van der Waals surface area contributed by atoms with Gasteiger partial charge < -0.3 is 5.11 Å². The number of nitriles is 1. The molecule has 0 radical (unpaired) electrons. The van der Waals surface area contributed by atoms with Gasteiger partial charge in [-0.3, -0.25) is 0 Å². The normalized spacial score (nSPS) is 9.89. The van der Waals surface area contributed by atoms with Crippen molar-refractivity contribution >= 4 is 17.7 Å². The molecule has 94 valence electrons. The Bertz CT molecular complexity index is 679. The summed E-state index contributed by atoms with van der Waals surface area (Å²) in [6, 6.07) is 12.3. The molecule has 2 rings (SSSR count). The lowest BCUT2D eigenvalue weighted by Gasteiger charge is -2.04. The minimum atomic E-state index is -1.03. The van der Waals surface area contributed by atoms with E-state index in [1.165, 1.54) is 24.3 Å². The molecule has 2 aromatic carbocycles. The van der Waals surface area contributed by atoms with Crippen molar-refractivity contribution in [2.75, 3.05) is 0 Å². The number of halogens is 1. The predicted octanol–water partition coefficient (Wildman–Crippen LogP) is 3.55. The maximum atomic E-state index is 13.7. The van der Waals surface area contributed by atoms with Gasteiger partial charge in [-0.1, -0.05) is 17.8 Å². The van der Waals surface area contributed by atoms with E-state index in [4.69, 9.17) is 10.4 Å². The van der Waals surface area contributed by atoms with Crippen LogP contribution in [0.5, 0.6) is 0 Å². The number of carbonyl (C=O) groups is 1. The zero-order valence-electron chi connectivity index (χ0n) is 9.63. The zero-order chi connectivity index (χ0) is 13.8. The predicted molar refractivity (Wildman–Crippen MR) is 68.6 cm³/mol. The summed E-state index contributed by atoms with van der Waals surface area (Å²) in [5, 5.41) is 17.5. The zero-order valence-corrected chi connectivity index (χ0v) is 10.4. The van der Waals surface area contributed by atoms with Crippen LogP contribution in [0.1, 0.15) is 15.9 Å². The third kappa shape index (κ3) is 3.12. The van der Waals surface area contributed by atoms with E-state index < -0.39 is 11.8 Å². The third-order valence-electron chi connectivity index (χ3n) is 2.37. The summed E-state index contributed by atoms with van der Waals surface area (Å²) in [7, 11) is 0. The van der Waals surface area contributed by atoms with E-state index in [1.807, 2.05) is 6.07 Å². The number of hydrogen-bond donors (Lipinski definition) is 1. The Morgan fingerprint density at radius 1 is 1.26 bits per heavy atom. The molecule has 0 heterocycles. The number of rotatable bonds is 3. The Balaban J connectivity index is 2.29. The second-order valence-corrected chi connectivity index (χ2v) is 4.81. The Hall–Kier alpha value is -2.32. The summed E-state index contributed by atoms with van der Waals surface area (Å²) >= 11 is 1.12. The van der Waals surface area contributed by atoms with Crippen molar-refractivity contribution < 1.29 is 14.3 Å². The van der Waals surface area contributed by atoms with Gasteiger partial charge in [-0.15, -0.1) is 0 Å². The summed E-state index contributed by atoms with van der Waals surface area (Å²) in [6.45, 7) is 0. The highest BCUT2D eigenvalue weighted by atomic mass is 32.2. The number of hydrogen-bond acceptors (Lipinski definition) is 3. The van der Waals surface area contributed by atoms with Gasteiger partial charge in [0.2, 0.25) is 0 Å². The molecule has 0 aliphatic carbocycles. The first-order chi connectivity index (χ1) is 9.10. The van der Waals surface area contributed by atoms with Crippen molar-refractivity contribution in [1.82, 2.24) is 0 Å². The van der Waals surface area contributed by atoms with Crippen LogP contribution in [0.2, 0.25) is 0 Å². The molecule has 3 nitrogen and oxygen atoms in total. The fourth-order valence-corrected chi connectivity index (χ4v) is 2.35. The third-order valence-corrected chi connectivity index (χ3v) is 3.41. The Kier molecular flexibility index (Phi) is 3.83. The molecule has 0 saturated heterocycles. The van der Waals surface area contributed by atoms with Crippen LogP contribution in [0.25, 0.3) is 0 Å². The molecule has 0 aliphatic heterocycles. The van der Waals surface area contributed by atoms with E-state index in [-0.39, 0.29) is 11.1 Å². The van der Waals surface area contributed by atoms with Gasteiger partial charge in [0, 0.05) is 9.79 Å². The lowest BCUT2D eigenvalue weighted by atomic mass is 10.2. The minimum Gasteiger partial charge on any atom is -0.478 e. The summed E-state index contributed by atoms with van der Waals surface area (Å²) in [4.78, 5) is 11.8. The van der Waals surface area contributed by atoms with Crippen molar-refractivity contribution in [3.05, 3.63) is 59.4 Å². The van der Waals surface area contributed by atoms with Gasteiger partial charge in [0.1, 0.15) is 5.82 Å². The summed E-state index contributed by atoms with van der Waals surface area (Å²) in [6.07, 6.45) is 0. The van der Waals surface area contributed by atoms with Gasteiger partial charge in [-0.25, -0.2) is 9.18 Å². The molecule has 0 atom stereocenters. The van der Waals surface area contributed by atoms with Crippen LogP contribution in [-0.4, -0.2) is 11.1 Å². The van der Waals surface area contributed by atoms with Gasteiger partial charge in [-0.05, 0) is 36.4 Å². The lowest BCUT2D eigenvalue weighted by Crippen LogP contribution is -1.95. The van der Waals surface area contributed by atoms with Gasteiger partial charge >= 0.3 is 5.97 Å². The number of benzene rings is 2. The van der Waals surface area contributed by atoms with Crippen molar-refractivity contribution in [3.63, 3.8) is 0 Å². The molecule has 0 fully saturated rings. The topological polar surface area (TPSA) is 61.1 Å². The molecular weight excluding hydrogens is 265 g/mol. The molecule has 0 saturated carbocycles. The van der Waals surface area contributed by atoms with E-state index in [2.05, 4.69) is 0 Å². The molecule has 0 bridgehead atoms. The molecule has 0 amide bonds. The first-order valence-electron chi connectivity index (χ1n) is 5.31. The Labute approximate surface area is 113 Å². The molecular formula is C14H8FNO2S. The van der Waals surface area contributed by atoms with Crippen LogP contribution in [0, 0.1) is 17.1 Å². The monoisotopic (exact) mass is 273 g/mol. The molecule has 0 unspecified atom stereocenters. The number of carboxylic acid groups (broad SMARTS) is 1. The summed E-state index contributed by atoms with van der Waals surface area (Å²) in [5.74, 6) is -1.52. The van der Waals surface area contributed by atoms with Gasteiger partial charge in [0.15, 0.2) is 0 Å². The summed E-state index contributed by atoms with van der Waals surface area (Å²) < 4.78 is 13.7. The van der Waals surface area contributed by atoms with Crippen LogP contribution >= 0.6 is 11.8 Å². The highest BCUT2D eigenvalue weighted by Crippen LogP contribution is 2.30. The smallest absolute Gasteiger partial charge is 0.335 e. The largest absolute Gasteiger partial charge is 0.478 e. The van der Waals surface area contributed by atoms with Crippen LogP contribution in [-0.2, 0) is 0 Å². The molecule has 0 spiro atoms. The number of carboxylic acids is 1. The lowest BCUT2D eigenvalue weighted by molar-refractivity contribution is 0.0696. The molecule has 19 heavy (non-hydrogen) atoms. The van der Waals surface area contributed by atoms with E-state index in [0.29, 0.717) is 9.79 Å². The average Bonchev–Trinajstić information content (AvgIpc) is 2.41. The van der Waals surface area contributed by atoms with Crippen LogP contribution in [0.3, 0.4) is 0 Å².